The molecule has 0 aliphatic heterocycles. The van der Waals surface area contributed by atoms with E-state index in [4.69, 9.17) is 0 Å². The summed E-state index contributed by atoms with van der Waals surface area (Å²) in [4.78, 5) is 0. The van der Waals surface area contributed by atoms with Crippen LogP contribution in [0.5, 0.6) is 0 Å². The zero-order valence-electron chi connectivity index (χ0n) is 9.64. The fourth-order valence-corrected chi connectivity index (χ4v) is 1.57. The lowest BCUT2D eigenvalue weighted by Gasteiger charge is -2.07. The molecule has 0 unspecified atom stereocenters. The maximum atomic E-state index is 3.41. The van der Waals surface area contributed by atoms with Gasteiger partial charge in [-0.3, -0.25) is 0 Å². The smallest absolute Gasteiger partial charge is 0.0214 e. The van der Waals surface area contributed by atoms with Crippen molar-refractivity contribution in [1.82, 2.24) is 5.32 Å². The maximum absolute atomic E-state index is 3.41. The summed E-state index contributed by atoms with van der Waals surface area (Å²) in [5, 5.41) is 3.41. The second-order valence-corrected chi connectivity index (χ2v) is 3.48. The fourth-order valence-electron chi connectivity index (χ4n) is 1.57. The molecule has 0 amide bonds. The van der Waals surface area contributed by atoms with Crippen LogP contribution in [0.1, 0.15) is 31.4 Å². The molecule has 0 fully saturated rings. The Morgan fingerprint density at radius 2 is 1.93 bits per heavy atom. The second kappa shape index (κ2) is 7.09. The van der Waals surface area contributed by atoms with Gasteiger partial charge in [0.25, 0.3) is 0 Å². The van der Waals surface area contributed by atoms with Crippen molar-refractivity contribution in [2.45, 2.75) is 33.2 Å². The van der Waals surface area contributed by atoms with Crippen molar-refractivity contribution in [3.8, 4) is 11.8 Å². The molecule has 80 valence electrons. The molecule has 1 aromatic carbocycles. The van der Waals surface area contributed by atoms with E-state index >= 15 is 0 Å². The Morgan fingerprint density at radius 1 is 1.20 bits per heavy atom. The molecular weight excluding hydrogens is 182 g/mol. The van der Waals surface area contributed by atoms with Gasteiger partial charge in [0.2, 0.25) is 0 Å². The first-order chi connectivity index (χ1) is 7.38. The normalized spacial score (nSPS) is 9.47. The molecule has 0 heterocycles. The lowest BCUT2D eigenvalue weighted by Crippen LogP contribution is -2.15. The summed E-state index contributed by atoms with van der Waals surface area (Å²) in [6.45, 7) is 6.00. The minimum Gasteiger partial charge on any atom is -0.312 e. The Labute approximate surface area is 92.9 Å². The van der Waals surface area contributed by atoms with E-state index < -0.39 is 0 Å². The number of aryl methyl sites for hydroxylation is 1. The zero-order chi connectivity index (χ0) is 10.9. The molecule has 0 aliphatic carbocycles. The Balaban J connectivity index is 2.38. The number of rotatable bonds is 5. The van der Waals surface area contributed by atoms with Crippen molar-refractivity contribution in [2.75, 3.05) is 6.54 Å². The van der Waals surface area contributed by atoms with Crippen molar-refractivity contribution in [2.24, 2.45) is 0 Å². The molecule has 1 nitrogen and oxygen atoms in total. The summed E-state index contributed by atoms with van der Waals surface area (Å²) in [7, 11) is 0. The van der Waals surface area contributed by atoms with Crippen molar-refractivity contribution in [3.05, 3.63) is 35.4 Å². The van der Waals surface area contributed by atoms with Crippen molar-refractivity contribution < 1.29 is 0 Å². The first-order valence-electron chi connectivity index (χ1n) is 5.55. The predicted molar refractivity (Wildman–Crippen MR) is 65.6 cm³/mol. The van der Waals surface area contributed by atoms with Gasteiger partial charge in [0.05, 0.1) is 0 Å². The van der Waals surface area contributed by atoms with Crippen LogP contribution in [-0.4, -0.2) is 6.54 Å². The monoisotopic (exact) mass is 201 g/mol. The standard InChI is InChI=1S/C14H19N/c1-3-5-8-11-15-12-14-10-7-6-9-13(14)4-2/h6-7,9-10,15H,4,8,11-12H2,1-2H3. The van der Waals surface area contributed by atoms with Gasteiger partial charge >= 0.3 is 0 Å². The molecule has 0 radical (unpaired) electrons. The molecule has 1 N–H and O–H groups in total. The Kier molecular flexibility index (Phi) is 5.58. The molecule has 0 bridgehead atoms. The third-order valence-corrected chi connectivity index (χ3v) is 2.42. The van der Waals surface area contributed by atoms with Gasteiger partial charge in [0.1, 0.15) is 0 Å². The van der Waals surface area contributed by atoms with Crippen LogP contribution in [0.4, 0.5) is 0 Å². The summed E-state index contributed by atoms with van der Waals surface area (Å²) in [5.41, 5.74) is 2.84. The molecule has 1 aromatic rings. The molecule has 0 saturated carbocycles. The van der Waals surface area contributed by atoms with Crippen LogP contribution in [-0.2, 0) is 13.0 Å². The van der Waals surface area contributed by atoms with Crippen LogP contribution in [0, 0.1) is 11.8 Å². The van der Waals surface area contributed by atoms with Crippen LogP contribution in [0.3, 0.4) is 0 Å². The third kappa shape index (κ3) is 4.18. The molecule has 1 rings (SSSR count). The SMILES string of the molecule is CC#CCCNCc1ccccc1CC. The van der Waals surface area contributed by atoms with Gasteiger partial charge in [-0.15, -0.1) is 11.8 Å². The van der Waals surface area contributed by atoms with E-state index in [2.05, 4.69) is 48.3 Å². The Hall–Kier alpha value is -1.26. The highest BCUT2D eigenvalue weighted by Gasteiger charge is 1.97. The van der Waals surface area contributed by atoms with E-state index in [-0.39, 0.29) is 0 Å². The van der Waals surface area contributed by atoms with Crippen molar-refractivity contribution in [1.29, 1.82) is 0 Å². The molecule has 0 atom stereocenters. The summed E-state index contributed by atoms with van der Waals surface area (Å²) in [6, 6.07) is 8.59. The van der Waals surface area contributed by atoms with Crippen LogP contribution in [0.15, 0.2) is 24.3 Å². The summed E-state index contributed by atoms with van der Waals surface area (Å²) >= 11 is 0. The molecule has 0 aromatic heterocycles. The predicted octanol–water partition coefficient (Wildman–Crippen LogP) is 2.75. The molecule has 15 heavy (non-hydrogen) atoms. The van der Waals surface area contributed by atoms with Gasteiger partial charge in [0, 0.05) is 19.5 Å². The van der Waals surface area contributed by atoms with Gasteiger partial charge < -0.3 is 5.32 Å². The second-order valence-electron chi connectivity index (χ2n) is 3.48. The van der Waals surface area contributed by atoms with Crippen molar-refractivity contribution >= 4 is 0 Å². The Morgan fingerprint density at radius 3 is 2.60 bits per heavy atom. The van der Waals surface area contributed by atoms with E-state index in [1.54, 1.807) is 0 Å². The van der Waals surface area contributed by atoms with Gasteiger partial charge in [-0.1, -0.05) is 31.2 Å². The van der Waals surface area contributed by atoms with E-state index in [0.29, 0.717) is 0 Å². The van der Waals surface area contributed by atoms with Crippen LogP contribution in [0.25, 0.3) is 0 Å². The van der Waals surface area contributed by atoms with Crippen LogP contribution >= 0.6 is 0 Å². The Bertz CT molecular complexity index is 344. The molecule has 1 heteroatoms. The van der Waals surface area contributed by atoms with Gasteiger partial charge in [-0.2, -0.15) is 0 Å². The average Bonchev–Trinajstić information content (AvgIpc) is 2.29. The molecule has 0 aliphatic rings. The number of nitrogens with one attached hydrogen (secondary N) is 1. The third-order valence-electron chi connectivity index (χ3n) is 2.42. The van der Waals surface area contributed by atoms with Gasteiger partial charge in [-0.05, 0) is 24.5 Å². The number of benzene rings is 1. The first kappa shape index (κ1) is 11.8. The number of hydrogen-bond acceptors (Lipinski definition) is 1. The zero-order valence-corrected chi connectivity index (χ0v) is 9.64. The highest BCUT2D eigenvalue weighted by atomic mass is 14.8. The lowest BCUT2D eigenvalue weighted by molar-refractivity contribution is 0.696. The molecule has 0 spiro atoms. The quantitative estimate of drug-likeness (QED) is 0.570. The first-order valence-corrected chi connectivity index (χ1v) is 5.55. The average molecular weight is 201 g/mol. The minimum atomic E-state index is 0.935. The van der Waals surface area contributed by atoms with Crippen molar-refractivity contribution in [3.63, 3.8) is 0 Å². The van der Waals surface area contributed by atoms with E-state index in [0.717, 1.165) is 25.9 Å². The van der Waals surface area contributed by atoms with Crippen LogP contribution < -0.4 is 5.32 Å². The summed E-state index contributed by atoms with van der Waals surface area (Å²) in [6.07, 6.45) is 2.04. The summed E-state index contributed by atoms with van der Waals surface area (Å²) in [5.74, 6) is 5.95. The molecular formula is C14H19N. The number of hydrogen-bond donors (Lipinski definition) is 1. The largest absolute Gasteiger partial charge is 0.312 e. The van der Waals surface area contributed by atoms with Gasteiger partial charge in [-0.25, -0.2) is 0 Å². The maximum Gasteiger partial charge on any atom is 0.0214 e. The highest BCUT2D eigenvalue weighted by molar-refractivity contribution is 5.26. The van der Waals surface area contributed by atoms with Crippen LogP contribution in [0.2, 0.25) is 0 Å². The van der Waals surface area contributed by atoms with E-state index in [1.807, 2.05) is 6.92 Å². The highest BCUT2D eigenvalue weighted by Crippen LogP contribution is 2.08. The van der Waals surface area contributed by atoms with E-state index in [1.165, 1.54) is 11.1 Å². The minimum absolute atomic E-state index is 0.935. The van der Waals surface area contributed by atoms with E-state index in [9.17, 15) is 0 Å². The lowest BCUT2D eigenvalue weighted by atomic mass is 10.1. The topological polar surface area (TPSA) is 12.0 Å². The summed E-state index contributed by atoms with van der Waals surface area (Å²) < 4.78 is 0. The molecule has 0 saturated heterocycles. The van der Waals surface area contributed by atoms with Gasteiger partial charge in [0.15, 0.2) is 0 Å². The fraction of sp³-hybridized carbons (Fsp3) is 0.429.